The summed E-state index contributed by atoms with van der Waals surface area (Å²) in [5, 5.41) is 13.6. The Morgan fingerprint density at radius 3 is 2.53 bits per heavy atom. The number of hydrogen-bond acceptors (Lipinski definition) is 4. The van der Waals surface area contributed by atoms with Gasteiger partial charge in [0, 0.05) is 31.0 Å². The molecule has 0 saturated heterocycles. The number of nitro groups is 1. The molecule has 0 aromatic heterocycles. The van der Waals surface area contributed by atoms with E-state index in [1.165, 1.54) is 12.1 Å². The second-order valence-corrected chi connectivity index (χ2v) is 3.30. The van der Waals surface area contributed by atoms with Gasteiger partial charge in [-0.3, -0.25) is 10.1 Å². The SMILES string of the molecule is COCC(C)Nc1ccc([N+](=O)[O-])cc1. The average Bonchev–Trinajstić information content (AvgIpc) is 2.18. The molecule has 82 valence electrons. The van der Waals surface area contributed by atoms with E-state index in [1.807, 2.05) is 6.92 Å². The first-order valence-corrected chi connectivity index (χ1v) is 4.63. The fourth-order valence-electron chi connectivity index (χ4n) is 1.26. The molecule has 0 bridgehead atoms. The Morgan fingerprint density at radius 2 is 2.07 bits per heavy atom. The molecule has 1 rings (SSSR count). The van der Waals surface area contributed by atoms with Crippen molar-refractivity contribution in [2.24, 2.45) is 0 Å². The first kappa shape index (κ1) is 11.5. The summed E-state index contributed by atoms with van der Waals surface area (Å²) in [6.45, 7) is 2.57. The number of hydrogen-bond donors (Lipinski definition) is 1. The largest absolute Gasteiger partial charge is 0.383 e. The van der Waals surface area contributed by atoms with Crippen LogP contribution in [0.4, 0.5) is 11.4 Å². The molecular weight excluding hydrogens is 196 g/mol. The fraction of sp³-hybridized carbons (Fsp3) is 0.400. The van der Waals surface area contributed by atoms with Crippen molar-refractivity contribution >= 4 is 11.4 Å². The maximum absolute atomic E-state index is 10.4. The third kappa shape index (κ3) is 3.55. The van der Waals surface area contributed by atoms with Crippen LogP contribution in [-0.4, -0.2) is 24.7 Å². The molecular formula is C10H14N2O3. The molecule has 0 saturated carbocycles. The van der Waals surface area contributed by atoms with Gasteiger partial charge in [0.1, 0.15) is 0 Å². The molecule has 0 fully saturated rings. The van der Waals surface area contributed by atoms with Crippen LogP contribution in [0.15, 0.2) is 24.3 Å². The maximum atomic E-state index is 10.4. The Morgan fingerprint density at radius 1 is 1.47 bits per heavy atom. The molecule has 1 N–H and O–H groups in total. The summed E-state index contributed by atoms with van der Waals surface area (Å²) in [6.07, 6.45) is 0. The highest BCUT2D eigenvalue weighted by Crippen LogP contribution is 2.15. The van der Waals surface area contributed by atoms with E-state index in [2.05, 4.69) is 5.32 Å². The van der Waals surface area contributed by atoms with Crippen LogP contribution in [0, 0.1) is 10.1 Å². The summed E-state index contributed by atoms with van der Waals surface area (Å²) >= 11 is 0. The van der Waals surface area contributed by atoms with E-state index in [4.69, 9.17) is 4.74 Å². The van der Waals surface area contributed by atoms with E-state index >= 15 is 0 Å². The Labute approximate surface area is 88.2 Å². The molecule has 15 heavy (non-hydrogen) atoms. The van der Waals surface area contributed by atoms with Gasteiger partial charge in [0.05, 0.1) is 11.5 Å². The lowest BCUT2D eigenvalue weighted by Crippen LogP contribution is -2.20. The van der Waals surface area contributed by atoms with E-state index in [0.717, 1.165) is 5.69 Å². The smallest absolute Gasteiger partial charge is 0.269 e. The lowest BCUT2D eigenvalue weighted by molar-refractivity contribution is -0.384. The van der Waals surface area contributed by atoms with Crippen LogP contribution in [-0.2, 0) is 4.74 Å². The number of nitro benzene ring substituents is 1. The summed E-state index contributed by atoms with van der Waals surface area (Å²) in [5.41, 5.74) is 0.949. The lowest BCUT2D eigenvalue weighted by atomic mass is 10.2. The van der Waals surface area contributed by atoms with Crippen molar-refractivity contribution in [3.05, 3.63) is 34.4 Å². The van der Waals surface area contributed by atoms with E-state index < -0.39 is 4.92 Å². The van der Waals surface area contributed by atoms with Gasteiger partial charge in [-0.25, -0.2) is 0 Å². The van der Waals surface area contributed by atoms with Gasteiger partial charge in [-0.05, 0) is 19.1 Å². The summed E-state index contributed by atoms with van der Waals surface area (Å²) in [7, 11) is 1.63. The molecule has 1 aromatic carbocycles. The predicted molar refractivity (Wildman–Crippen MR) is 58.1 cm³/mol. The van der Waals surface area contributed by atoms with Gasteiger partial charge >= 0.3 is 0 Å². The molecule has 1 atom stereocenters. The van der Waals surface area contributed by atoms with Crippen molar-refractivity contribution in [1.82, 2.24) is 0 Å². The van der Waals surface area contributed by atoms with E-state index in [9.17, 15) is 10.1 Å². The molecule has 0 radical (unpaired) electrons. The molecule has 0 aliphatic rings. The fourth-order valence-corrected chi connectivity index (χ4v) is 1.26. The van der Waals surface area contributed by atoms with Gasteiger partial charge in [-0.15, -0.1) is 0 Å². The molecule has 1 unspecified atom stereocenters. The van der Waals surface area contributed by atoms with Crippen molar-refractivity contribution in [3.63, 3.8) is 0 Å². The van der Waals surface area contributed by atoms with E-state index in [0.29, 0.717) is 6.61 Å². The zero-order chi connectivity index (χ0) is 11.3. The van der Waals surface area contributed by atoms with Gasteiger partial charge in [0.25, 0.3) is 5.69 Å². The van der Waals surface area contributed by atoms with E-state index in [-0.39, 0.29) is 11.7 Å². The first-order valence-electron chi connectivity index (χ1n) is 4.63. The molecule has 0 spiro atoms. The highest BCUT2D eigenvalue weighted by molar-refractivity contribution is 5.48. The number of nitrogens with one attached hydrogen (secondary N) is 1. The van der Waals surface area contributed by atoms with Crippen molar-refractivity contribution in [3.8, 4) is 0 Å². The molecule has 0 aliphatic heterocycles. The van der Waals surface area contributed by atoms with Gasteiger partial charge in [-0.2, -0.15) is 0 Å². The lowest BCUT2D eigenvalue weighted by Gasteiger charge is -2.13. The average molecular weight is 210 g/mol. The van der Waals surface area contributed by atoms with Crippen LogP contribution in [0.1, 0.15) is 6.92 Å². The Kier molecular flexibility index (Phi) is 4.05. The Balaban J connectivity index is 2.60. The number of nitrogens with zero attached hydrogens (tertiary/aromatic N) is 1. The summed E-state index contributed by atoms with van der Waals surface area (Å²) in [6, 6.07) is 6.50. The molecule has 5 nitrogen and oxygen atoms in total. The minimum Gasteiger partial charge on any atom is -0.383 e. The number of methoxy groups -OCH3 is 1. The second-order valence-electron chi connectivity index (χ2n) is 3.30. The highest BCUT2D eigenvalue weighted by Gasteiger charge is 2.05. The number of ether oxygens (including phenoxy) is 1. The van der Waals surface area contributed by atoms with Crippen LogP contribution >= 0.6 is 0 Å². The van der Waals surface area contributed by atoms with Crippen LogP contribution in [0.5, 0.6) is 0 Å². The number of benzene rings is 1. The van der Waals surface area contributed by atoms with Crippen LogP contribution < -0.4 is 5.32 Å². The Hall–Kier alpha value is -1.62. The van der Waals surface area contributed by atoms with E-state index in [1.54, 1.807) is 19.2 Å². The maximum Gasteiger partial charge on any atom is 0.269 e. The number of rotatable bonds is 5. The molecule has 5 heteroatoms. The van der Waals surface area contributed by atoms with Crippen molar-refractivity contribution in [2.75, 3.05) is 19.0 Å². The highest BCUT2D eigenvalue weighted by atomic mass is 16.6. The minimum absolute atomic E-state index is 0.0972. The van der Waals surface area contributed by atoms with Gasteiger partial charge < -0.3 is 10.1 Å². The molecule has 1 aromatic rings. The van der Waals surface area contributed by atoms with Crippen molar-refractivity contribution in [2.45, 2.75) is 13.0 Å². The van der Waals surface area contributed by atoms with Crippen LogP contribution in [0.25, 0.3) is 0 Å². The monoisotopic (exact) mass is 210 g/mol. The third-order valence-electron chi connectivity index (χ3n) is 1.91. The normalized spacial score (nSPS) is 12.1. The predicted octanol–water partition coefficient (Wildman–Crippen LogP) is 2.04. The molecule has 0 aliphatic carbocycles. The number of anilines is 1. The summed E-state index contributed by atoms with van der Waals surface area (Å²) < 4.78 is 4.97. The van der Waals surface area contributed by atoms with Crippen LogP contribution in [0.2, 0.25) is 0 Å². The third-order valence-corrected chi connectivity index (χ3v) is 1.91. The van der Waals surface area contributed by atoms with Crippen molar-refractivity contribution in [1.29, 1.82) is 0 Å². The van der Waals surface area contributed by atoms with Crippen LogP contribution in [0.3, 0.4) is 0 Å². The first-order chi connectivity index (χ1) is 7.13. The standard InChI is InChI=1S/C10H14N2O3/c1-8(7-15-2)11-9-3-5-10(6-4-9)12(13)14/h3-6,8,11H,7H2,1-2H3. The van der Waals surface area contributed by atoms with Gasteiger partial charge in [0.15, 0.2) is 0 Å². The zero-order valence-electron chi connectivity index (χ0n) is 8.77. The summed E-state index contributed by atoms with van der Waals surface area (Å²) in [4.78, 5) is 9.99. The molecule has 0 amide bonds. The molecule has 0 heterocycles. The minimum atomic E-state index is -0.414. The Bertz CT molecular complexity index is 324. The van der Waals surface area contributed by atoms with Gasteiger partial charge in [-0.1, -0.05) is 0 Å². The number of non-ortho nitro benzene ring substituents is 1. The zero-order valence-corrected chi connectivity index (χ0v) is 8.77. The van der Waals surface area contributed by atoms with Gasteiger partial charge in [0.2, 0.25) is 0 Å². The quantitative estimate of drug-likeness (QED) is 0.596. The van der Waals surface area contributed by atoms with Crippen molar-refractivity contribution < 1.29 is 9.66 Å². The second kappa shape index (κ2) is 5.31. The topological polar surface area (TPSA) is 64.4 Å². The summed E-state index contributed by atoms with van der Waals surface area (Å²) in [5.74, 6) is 0.